The molecule has 4 atom stereocenters. The number of benzene rings is 2. The molecule has 2 amide bonds. The van der Waals surface area contributed by atoms with E-state index in [4.69, 9.17) is 0 Å². The lowest BCUT2D eigenvalue weighted by Crippen LogP contribution is -2.40. The predicted molar refractivity (Wildman–Crippen MR) is 150 cm³/mol. The summed E-state index contributed by atoms with van der Waals surface area (Å²) in [5, 5.41) is 6.87. The summed E-state index contributed by atoms with van der Waals surface area (Å²) in [6, 6.07) is 14.9. The number of nitrogens with zero attached hydrogens (tertiary/aromatic N) is 4. The van der Waals surface area contributed by atoms with Crippen LogP contribution in [0, 0.1) is 11.7 Å². The summed E-state index contributed by atoms with van der Waals surface area (Å²) in [4.78, 5) is 32.0. The third-order valence-corrected chi connectivity index (χ3v) is 8.79. The minimum absolute atomic E-state index is 0.0690. The van der Waals surface area contributed by atoms with Gasteiger partial charge in [0.1, 0.15) is 17.7 Å². The highest BCUT2D eigenvalue weighted by atomic mass is 19.3. The second-order valence-electron chi connectivity index (χ2n) is 11.7. The van der Waals surface area contributed by atoms with E-state index < -0.39 is 36.8 Å². The first-order valence-electron chi connectivity index (χ1n) is 14.5. The SMILES string of the molecule is C[C@@H]1c2ccccc2[C@H](F)CN1C(=O)c1cc(C2CC2)n2nc(-c3ccc([C@H]4C[C@@H]4C(=O)NCC(F)F)cc3F)cc2n1. The van der Waals surface area contributed by atoms with E-state index in [-0.39, 0.29) is 41.6 Å². The first kappa shape index (κ1) is 27.5. The lowest BCUT2D eigenvalue weighted by Gasteiger charge is -2.36. The summed E-state index contributed by atoms with van der Waals surface area (Å²) in [5.41, 5.74) is 3.96. The Bertz CT molecular complexity index is 1750. The normalized spacial score (nSPS) is 23.0. The third kappa shape index (κ3) is 5.04. The van der Waals surface area contributed by atoms with Crippen molar-refractivity contribution in [3.63, 3.8) is 0 Å². The van der Waals surface area contributed by atoms with Gasteiger partial charge in [-0.25, -0.2) is 27.1 Å². The van der Waals surface area contributed by atoms with Crippen molar-refractivity contribution in [1.29, 1.82) is 0 Å². The first-order valence-corrected chi connectivity index (χ1v) is 14.5. The van der Waals surface area contributed by atoms with Crippen molar-refractivity contribution in [3.05, 3.63) is 88.5 Å². The Kier molecular flexibility index (Phi) is 6.70. The van der Waals surface area contributed by atoms with Crippen LogP contribution in [0.3, 0.4) is 0 Å². The lowest BCUT2D eigenvalue weighted by molar-refractivity contribution is -0.123. The number of amides is 2. The quantitative estimate of drug-likeness (QED) is 0.263. The molecule has 2 aliphatic carbocycles. The lowest BCUT2D eigenvalue weighted by atomic mass is 9.92. The van der Waals surface area contributed by atoms with Crippen molar-refractivity contribution in [1.82, 2.24) is 24.8 Å². The van der Waals surface area contributed by atoms with Gasteiger partial charge in [-0.15, -0.1) is 0 Å². The molecule has 4 aromatic rings. The van der Waals surface area contributed by atoms with Gasteiger partial charge in [0.05, 0.1) is 24.8 Å². The molecule has 2 saturated carbocycles. The van der Waals surface area contributed by atoms with Crippen LogP contribution in [0.5, 0.6) is 0 Å². The van der Waals surface area contributed by atoms with E-state index in [1.807, 2.05) is 19.1 Å². The maximum absolute atomic E-state index is 15.4. The van der Waals surface area contributed by atoms with Gasteiger partial charge in [-0.3, -0.25) is 9.59 Å². The average Bonchev–Trinajstić information content (AvgIpc) is 3.93. The Hall–Kier alpha value is -4.28. The molecule has 0 bridgehead atoms. The zero-order valence-corrected chi connectivity index (χ0v) is 23.3. The highest BCUT2D eigenvalue weighted by molar-refractivity contribution is 5.93. The van der Waals surface area contributed by atoms with Gasteiger partial charge in [0.2, 0.25) is 5.91 Å². The van der Waals surface area contributed by atoms with Crippen molar-refractivity contribution < 1.29 is 27.2 Å². The number of nitrogens with one attached hydrogen (secondary N) is 1. The summed E-state index contributed by atoms with van der Waals surface area (Å²) in [5.74, 6) is -1.85. The number of carbonyl (C=O) groups is 2. The first-order chi connectivity index (χ1) is 20.7. The summed E-state index contributed by atoms with van der Waals surface area (Å²) in [7, 11) is 0. The van der Waals surface area contributed by atoms with Crippen molar-refractivity contribution in [2.24, 2.45) is 5.92 Å². The van der Waals surface area contributed by atoms with Crippen LogP contribution >= 0.6 is 0 Å². The molecule has 11 heteroatoms. The molecule has 0 unspecified atom stereocenters. The van der Waals surface area contributed by atoms with Gasteiger partial charge in [0.15, 0.2) is 5.65 Å². The molecule has 43 heavy (non-hydrogen) atoms. The fraction of sp³-hybridized carbons (Fsp3) is 0.375. The highest BCUT2D eigenvalue weighted by Crippen LogP contribution is 2.48. The van der Waals surface area contributed by atoms with E-state index in [0.717, 1.165) is 24.1 Å². The van der Waals surface area contributed by atoms with Gasteiger partial charge in [-0.05, 0) is 67.0 Å². The Morgan fingerprint density at radius 1 is 1.07 bits per heavy atom. The van der Waals surface area contributed by atoms with E-state index >= 15 is 8.78 Å². The number of rotatable bonds is 7. The van der Waals surface area contributed by atoms with Crippen LogP contribution in [0.1, 0.15) is 83.1 Å². The molecule has 1 aliphatic heterocycles. The zero-order chi connectivity index (χ0) is 30.0. The largest absolute Gasteiger partial charge is 0.350 e. The number of fused-ring (bicyclic) bond motifs is 2. The predicted octanol–water partition coefficient (Wildman–Crippen LogP) is 6.13. The standard InChI is InChI=1S/C32H29F4N5O2/c1-16-19-4-2-3-5-20(19)25(34)15-40(16)32(43)27-12-28(17-6-7-17)41-30(38-27)13-26(39-41)21-9-8-18(10-24(21)33)22-11-23(22)31(42)37-14-29(35)36/h2-5,8-10,12-13,16-17,22-23,25,29H,6-7,11,14-15H2,1H3,(H,37,42)/t16-,22-,23+,25-/m1/s1. The molecule has 3 aliphatic rings. The number of carbonyl (C=O) groups excluding carboxylic acids is 2. The van der Waals surface area contributed by atoms with Gasteiger partial charge < -0.3 is 10.2 Å². The minimum Gasteiger partial charge on any atom is -0.350 e. The van der Waals surface area contributed by atoms with Crippen LogP contribution in [0.2, 0.25) is 0 Å². The zero-order valence-electron chi connectivity index (χ0n) is 23.3. The fourth-order valence-corrected chi connectivity index (χ4v) is 6.22. The van der Waals surface area contributed by atoms with Gasteiger partial charge in [0.25, 0.3) is 12.3 Å². The molecule has 222 valence electrons. The number of halogens is 4. The van der Waals surface area contributed by atoms with Crippen molar-refractivity contribution in [3.8, 4) is 11.3 Å². The van der Waals surface area contributed by atoms with Crippen LogP contribution < -0.4 is 5.32 Å². The minimum atomic E-state index is -2.62. The summed E-state index contributed by atoms with van der Waals surface area (Å²) in [6.45, 7) is 1.11. The number of hydrogen-bond acceptors (Lipinski definition) is 4. The second-order valence-corrected chi connectivity index (χ2v) is 11.7. The molecule has 0 radical (unpaired) electrons. The molecule has 0 spiro atoms. The Morgan fingerprint density at radius 3 is 2.56 bits per heavy atom. The Morgan fingerprint density at radius 2 is 1.84 bits per heavy atom. The molecular formula is C32H29F4N5O2. The van der Waals surface area contributed by atoms with Crippen LogP contribution in [0.25, 0.3) is 16.9 Å². The van der Waals surface area contributed by atoms with Crippen LogP contribution in [0.15, 0.2) is 54.6 Å². The van der Waals surface area contributed by atoms with Gasteiger partial charge >= 0.3 is 0 Å². The van der Waals surface area contributed by atoms with Crippen molar-refractivity contribution in [2.75, 3.05) is 13.1 Å². The smallest absolute Gasteiger partial charge is 0.273 e. The maximum Gasteiger partial charge on any atom is 0.273 e. The van der Waals surface area contributed by atoms with Crippen molar-refractivity contribution >= 4 is 17.5 Å². The van der Waals surface area contributed by atoms with E-state index in [1.165, 1.54) is 11.0 Å². The monoisotopic (exact) mass is 591 g/mol. The van der Waals surface area contributed by atoms with Gasteiger partial charge in [-0.1, -0.05) is 30.3 Å². The number of alkyl halides is 3. The Balaban J connectivity index is 1.16. The molecule has 1 N–H and O–H groups in total. The van der Waals surface area contributed by atoms with E-state index in [9.17, 15) is 18.4 Å². The molecule has 2 fully saturated rings. The maximum atomic E-state index is 15.4. The molecule has 2 aromatic carbocycles. The topological polar surface area (TPSA) is 79.6 Å². The number of hydrogen-bond donors (Lipinski definition) is 1. The van der Waals surface area contributed by atoms with E-state index in [2.05, 4.69) is 15.4 Å². The average molecular weight is 592 g/mol. The molecule has 2 aromatic heterocycles. The summed E-state index contributed by atoms with van der Waals surface area (Å²) >= 11 is 0. The van der Waals surface area contributed by atoms with Crippen molar-refractivity contribution in [2.45, 2.75) is 56.7 Å². The van der Waals surface area contributed by atoms with Crippen LogP contribution in [0.4, 0.5) is 17.6 Å². The third-order valence-electron chi connectivity index (χ3n) is 8.79. The van der Waals surface area contributed by atoms with Gasteiger partial charge in [0, 0.05) is 29.2 Å². The molecule has 3 heterocycles. The number of aromatic nitrogens is 3. The van der Waals surface area contributed by atoms with Gasteiger partial charge in [-0.2, -0.15) is 5.10 Å². The summed E-state index contributed by atoms with van der Waals surface area (Å²) in [6.07, 6.45) is -1.59. The van der Waals surface area contributed by atoms with E-state index in [0.29, 0.717) is 28.9 Å². The van der Waals surface area contributed by atoms with Crippen LogP contribution in [-0.4, -0.2) is 50.8 Å². The molecular weight excluding hydrogens is 562 g/mol. The fourth-order valence-electron chi connectivity index (χ4n) is 6.22. The van der Waals surface area contributed by atoms with E-state index in [1.54, 1.807) is 40.9 Å². The molecule has 0 saturated heterocycles. The highest BCUT2D eigenvalue weighted by Gasteiger charge is 2.44. The second kappa shape index (κ2) is 10.5. The molecule has 7 nitrogen and oxygen atoms in total. The molecule has 7 rings (SSSR count). The summed E-state index contributed by atoms with van der Waals surface area (Å²) < 4.78 is 57.0. The van der Waals surface area contributed by atoms with Crippen LogP contribution in [-0.2, 0) is 4.79 Å². The Labute approximate surface area is 244 Å².